The van der Waals surface area contributed by atoms with Crippen molar-refractivity contribution >= 4 is 34.2 Å². The van der Waals surface area contributed by atoms with E-state index in [4.69, 9.17) is 0 Å². The molecule has 18 heavy (non-hydrogen) atoms. The summed E-state index contributed by atoms with van der Waals surface area (Å²) in [5, 5.41) is 6.34. The normalized spacial score (nSPS) is 18.2. The maximum atomic E-state index is 11.7. The van der Waals surface area contributed by atoms with Crippen LogP contribution in [0.4, 0.5) is 0 Å². The summed E-state index contributed by atoms with van der Waals surface area (Å²) >= 11 is 3.38. The molecule has 0 spiro atoms. The number of rotatable bonds is 4. The Labute approximate surface area is 122 Å². The van der Waals surface area contributed by atoms with Gasteiger partial charge in [-0.1, -0.05) is 28.1 Å². The summed E-state index contributed by atoms with van der Waals surface area (Å²) in [4.78, 5) is 11.7. The van der Waals surface area contributed by atoms with Crippen LogP contribution in [0, 0.1) is 0 Å². The van der Waals surface area contributed by atoms with Crippen LogP contribution in [0.2, 0.25) is 0 Å². The maximum Gasteiger partial charge on any atom is 0.224 e. The SMILES string of the molecule is Cl.O=C(Cc1ccc(Br)cc1)NCC1CCCN1. The van der Waals surface area contributed by atoms with Crippen LogP contribution in [-0.2, 0) is 11.2 Å². The molecule has 1 aromatic carbocycles. The molecule has 1 saturated heterocycles. The number of nitrogens with one attached hydrogen (secondary N) is 2. The lowest BCUT2D eigenvalue weighted by molar-refractivity contribution is -0.120. The van der Waals surface area contributed by atoms with Crippen LogP contribution < -0.4 is 10.6 Å². The Morgan fingerprint density at radius 1 is 1.39 bits per heavy atom. The fourth-order valence-corrected chi connectivity index (χ4v) is 2.28. The topological polar surface area (TPSA) is 41.1 Å². The van der Waals surface area contributed by atoms with Crippen molar-refractivity contribution < 1.29 is 4.79 Å². The van der Waals surface area contributed by atoms with Gasteiger partial charge in [0.1, 0.15) is 0 Å². The van der Waals surface area contributed by atoms with Gasteiger partial charge < -0.3 is 10.6 Å². The fourth-order valence-electron chi connectivity index (χ4n) is 2.02. The molecule has 100 valence electrons. The van der Waals surface area contributed by atoms with E-state index < -0.39 is 0 Å². The fraction of sp³-hybridized carbons (Fsp3) is 0.462. The van der Waals surface area contributed by atoms with Crippen LogP contribution >= 0.6 is 28.3 Å². The lowest BCUT2D eigenvalue weighted by atomic mass is 10.1. The first-order valence-electron chi connectivity index (χ1n) is 5.98. The van der Waals surface area contributed by atoms with Crippen molar-refractivity contribution in [3.8, 4) is 0 Å². The Hall–Kier alpha value is -0.580. The monoisotopic (exact) mass is 332 g/mol. The Balaban J connectivity index is 0.00000162. The minimum Gasteiger partial charge on any atom is -0.354 e. The third kappa shape index (κ3) is 4.96. The molecule has 1 atom stereocenters. The third-order valence-electron chi connectivity index (χ3n) is 2.99. The smallest absolute Gasteiger partial charge is 0.224 e. The largest absolute Gasteiger partial charge is 0.354 e. The van der Waals surface area contributed by atoms with E-state index >= 15 is 0 Å². The van der Waals surface area contributed by atoms with Gasteiger partial charge in [0, 0.05) is 17.1 Å². The van der Waals surface area contributed by atoms with Crippen LogP contribution in [0.15, 0.2) is 28.7 Å². The second-order valence-electron chi connectivity index (χ2n) is 4.40. The first-order valence-corrected chi connectivity index (χ1v) is 6.78. The lowest BCUT2D eigenvalue weighted by Gasteiger charge is -2.11. The van der Waals surface area contributed by atoms with E-state index in [1.807, 2.05) is 24.3 Å². The van der Waals surface area contributed by atoms with Gasteiger partial charge in [-0.25, -0.2) is 0 Å². The summed E-state index contributed by atoms with van der Waals surface area (Å²) in [6.07, 6.45) is 2.84. The summed E-state index contributed by atoms with van der Waals surface area (Å²) in [7, 11) is 0. The zero-order chi connectivity index (χ0) is 12.1. The minimum absolute atomic E-state index is 0. The van der Waals surface area contributed by atoms with Gasteiger partial charge in [0.05, 0.1) is 6.42 Å². The first kappa shape index (κ1) is 15.5. The van der Waals surface area contributed by atoms with Crippen molar-refractivity contribution in [3.63, 3.8) is 0 Å². The molecule has 0 aromatic heterocycles. The lowest BCUT2D eigenvalue weighted by Crippen LogP contribution is -2.37. The molecule has 1 unspecified atom stereocenters. The van der Waals surface area contributed by atoms with Gasteiger partial charge in [-0.3, -0.25) is 4.79 Å². The second-order valence-corrected chi connectivity index (χ2v) is 5.32. The maximum absolute atomic E-state index is 11.7. The Morgan fingerprint density at radius 2 is 2.11 bits per heavy atom. The van der Waals surface area contributed by atoms with Crippen molar-refractivity contribution in [2.45, 2.75) is 25.3 Å². The van der Waals surface area contributed by atoms with Crippen molar-refractivity contribution in [1.29, 1.82) is 0 Å². The molecular formula is C13H18BrClN2O. The molecule has 1 aliphatic heterocycles. The standard InChI is InChI=1S/C13H17BrN2O.ClH/c14-11-5-3-10(4-6-11)8-13(17)16-9-12-2-1-7-15-12;/h3-6,12,15H,1-2,7-9H2,(H,16,17);1H. The molecule has 1 fully saturated rings. The van der Waals surface area contributed by atoms with Gasteiger partial charge in [0.15, 0.2) is 0 Å². The minimum atomic E-state index is 0. The first-order chi connectivity index (χ1) is 8.24. The van der Waals surface area contributed by atoms with E-state index in [9.17, 15) is 4.79 Å². The molecular weight excluding hydrogens is 316 g/mol. The molecule has 1 aromatic rings. The van der Waals surface area contributed by atoms with Crippen LogP contribution in [-0.4, -0.2) is 25.0 Å². The Bertz CT molecular complexity index is 377. The summed E-state index contributed by atoms with van der Waals surface area (Å²) in [6.45, 7) is 1.82. The van der Waals surface area contributed by atoms with Gasteiger partial charge in [-0.15, -0.1) is 12.4 Å². The highest BCUT2D eigenvalue weighted by Gasteiger charge is 2.14. The number of carbonyl (C=O) groups is 1. The molecule has 2 N–H and O–H groups in total. The highest BCUT2D eigenvalue weighted by molar-refractivity contribution is 9.10. The van der Waals surface area contributed by atoms with E-state index in [1.54, 1.807) is 0 Å². The number of amides is 1. The molecule has 0 saturated carbocycles. The zero-order valence-electron chi connectivity index (χ0n) is 10.1. The summed E-state index contributed by atoms with van der Waals surface area (Å²) < 4.78 is 1.04. The highest BCUT2D eigenvalue weighted by atomic mass is 79.9. The molecule has 1 heterocycles. The third-order valence-corrected chi connectivity index (χ3v) is 3.51. The number of carbonyl (C=O) groups excluding carboxylic acids is 1. The van der Waals surface area contributed by atoms with Crippen molar-refractivity contribution in [2.24, 2.45) is 0 Å². The van der Waals surface area contributed by atoms with Crippen molar-refractivity contribution in [3.05, 3.63) is 34.3 Å². The van der Waals surface area contributed by atoms with Crippen molar-refractivity contribution in [1.82, 2.24) is 10.6 Å². The number of benzene rings is 1. The zero-order valence-corrected chi connectivity index (χ0v) is 12.5. The van der Waals surface area contributed by atoms with E-state index in [1.165, 1.54) is 12.8 Å². The summed E-state index contributed by atoms with van der Waals surface area (Å²) in [5.41, 5.74) is 1.05. The Kier molecular flexibility index (Phi) is 6.68. The number of hydrogen-bond acceptors (Lipinski definition) is 2. The molecule has 1 aliphatic rings. The highest BCUT2D eigenvalue weighted by Crippen LogP contribution is 2.10. The average molecular weight is 334 g/mol. The van der Waals surface area contributed by atoms with E-state index in [-0.39, 0.29) is 18.3 Å². The van der Waals surface area contributed by atoms with Gasteiger partial charge in [-0.05, 0) is 37.1 Å². The molecule has 0 radical (unpaired) electrons. The van der Waals surface area contributed by atoms with E-state index in [0.29, 0.717) is 12.5 Å². The molecule has 5 heteroatoms. The summed E-state index contributed by atoms with van der Waals surface area (Å²) in [6, 6.07) is 8.32. The average Bonchev–Trinajstić information content (AvgIpc) is 2.83. The van der Waals surface area contributed by atoms with E-state index in [0.717, 1.165) is 23.1 Å². The summed E-state index contributed by atoms with van der Waals surface area (Å²) in [5.74, 6) is 0.0982. The second kappa shape index (κ2) is 7.77. The molecule has 0 bridgehead atoms. The van der Waals surface area contributed by atoms with E-state index in [2.05, 4.69) is 26.6 Å². The predicted molar refractivity (Wildman–Crippen MR) is 79.1 cm³/mol. The van der Waals surface area contributed by atoms with Gasteiger partial charge in [-0.2, -0.15) is 0 Å². The van der Waals surface area contributed by atoms with Crippen LogP contribution in [0.1, 0.15) is 18.4 Å². The van der Waals surface area contributed by atoms with Crippen LogP contribution in [0.25, 0.3) is 0 Å². The van der Waals surface area contributed by atoms with Crippen LogP contribution in [0.3, 0.4) is 0 Å². The number of hydrogen-bond donors (Lipinski definition) is 2. The number of halogens is 2. The molecule has 1 amide bonds. The predicted octanol–water partition coefficient (Wildman–Crippen LogP) is 2.28. The quantitative estimate of drug-likeness (QED) is 0.887. The molecule has 0 aliphatic carbocycles. The van der Waals surface area contributed by atoms with Crippen molar-refractivity contribution in [2.75, 3.05) is 13.1 Å². The van der Waals surface area contributed by atoms with Gasteiger partial charge >= 0.3 is 0 Å². The van der Waals surface area contributed by atoms with Gasteiger partial charge in [0.25, 0.3) is 0 Å². The van der Waals surface area contributed by atoms with Gasteiger partial charge in [0.2, 0.25) is 5.91 Å². The Morgan fingerprint density at radius 3 is 2.72 bits per heavy atom. The molecule has 2 rings (SSSR count). The molecule has 3 nitrogen and oxygen atoms in total. The van der Waals surface area contributed by atoms with Crippen LogP contribution in [0.5, 0.6) is 0 Å².